The second kappa shape index (κ2) is 5.36. The van der Waals surface area contributed by atoms with Crippen molar-refractivity contribution in [2.45, 2.75) is 45.2 Å². The summed E-state index contributed by atoms with van der Waals surface area (Å²) in [7, 11) is 0. The van der Waals surface area contributed by atoms with Crippen LogP contribution in [0.1, 0.15) is 33.1 Å². The monoisotopic (exact) mass is 239 g/mol. The average Bonchev–Trinajstić information content (AvgIpc) is 2.33. The van der Waals surface area contributed by atoms with E-state index in [2.05, 4.69) is 11.8 Å². The van der Waals surface area contributed by atoms with Crippen LogP contribution in [0.3, 0.4) is 0 Å². The van der Waals surface area contributed by atoms with E-state index in [4.69, 9.17) is 5.73 Å². The molecule has 0 spiro atoms. The molecule has 2 N–H and O–H groups in total. The zero-order chi connectivity index (χ0) is 12.4. The first-order valence-electron chi connectivity index (χ1n) is 6.83. The van der Waals surface area contributed by atoms with E-state index >= 15 is 0 Å². The van der Waals surface area contributed by atoms with E-state index in [0.717, 1.165) is 32.5 Å². The summed E-state index contributed by atoms with van der Waals surface area (Å²) in [6.45, 7) is 7.97. The Labute approximate surface area is 104 Å². The van der Waals surface area contributed by atoms with Crippen molar-refractivity contribution in [1.29, 1.82) is 0 Å². The summed E-state index contributed by atoms with van der Waals surface area (Å²) in [5.41, 5.74) is 6.14. The van der Waals surface area contributed by atoms with Gasteiger partial charge < -0.3 is 10.6 Å². The Kier molecular flexibility index (Phi) is 4.05. The number of rotatable bonds is 1. The van der Waals surface area contributed by atoms with Crippen LogP contribution in [0.5, 0.6) is 0 Å². The molecule has 0 bridgehead atoms. The molecular weight excluding hydrogens is 214 g/mol. The molecule has 0 aromatic rings. The summed E-state index contributed by atoms with van der Waals surface area (Å²) < 4.78 is 0. The van der Waals surface area contributed by atoms with E-state index in [1.165, 1.54) is 13.0 Å². The summed E-state index contributed by atoms with van der Waals surface area (Å²) in [6, 6.07) is 0.971. The van der Waals surface area contributed by atoms with Crippen molar-refractivity contribution < 1.29 is 4.79 Å². The molecule has 2 unspecified atom stereocenters. The van der Waals surface area contributed by atoms with Crippen LogP contribution in [0.25, 0.3) is 0 Å². The van der Waals surface area contributed by atoms with E-state index in [1.807, 2.05) is 4.90 Å². The highest BCUT2D eigenvalue weighted by atomic mass is 16.2. The van der Waals surface area contributed by atoms with Crippen molar-refractivity contribution in [3.8, 4) is 0 Å². The van der Waals surface area contributed by atoms with E-state index in [1.54, 1.807) is 6.92 Å². The Bertz CT molecular complexity index is 274. The third-order valence-electron chi connectivity index (χ3n) is 4.47. The van der Waals surface area contributed by atoms with Gasteiger partial charge in [-0.25, -0.2) is 0 Å². The average molecular weight is 239 g/mol. The van der Waals surface area contributed by atoms with Crippen LogP contribution in [0, 0.1) is 5.92 Å². The summed E-state index contributed by atoms with van der Waals surface area (Å²) >= 11 is 0. The van der Waals surface area contributed by atoms with Gasteiger partial charge in [0.25, 0.3) is 0 Å². The topological polar surface area (TPSA) is 49.6 Å². The third kappa shape index (κ3) is 2.99. The fourth-order valence-electron chi connectivity index (χ4n) is 3.00. The van der Waals surface area contributed by atoms with Crippen molar-refractivity contribution in [1.82, 2.24) is 9.80 Å². The molecule has 2 aliphatic heterocycles. The van der Waals surface area contributed by atoms with Crippen molar-refractivity contribution in [2.24, 2.45) is 11.7 Å². The number of carbonyl (C=O) groups is 1. The summed E-state index contributed by atoms with van der Waals surface area (Å²) in [5.74, 6) is 0.871. The van der Waals surface area contributed by atoms with E-state index in [0.29, 0.717) is 18.0 Å². The fourth-order valence-corrected chi connectivity index (χ4v) is 3.00. The Hall–Kier alpha value is -0.610. The Morgan fingerprint density at radius 2 is 1.82 bits per heavy atom. The van der Waals surface area contributed by atoms with Gasteiger partial charge in [0.05, 0.1) is 0 Å². The molecule has 0 aliphatic carbocycles. The van der Waals surface area contributed by atoms with Crippen LogP contribution in [0.15, 0.2) is 0 Å². The standard InChI is InChI=1S/C13H25N3O/c1-10-3-6-16(9-13(10)14)12-4-7-15(8-5-12)11(2)17/h10,12-13H,3-9,14H2,1-2H3. The molecule has 98 valence electrons. The van der Waals surface area contributed by atoms with Crippen LogP contribution >= 0.6 is 0 Å². The minimum Gasteiger partial charge on any atom is -0.343 e. The van der Waals surface area contributed by atoms with Crippen molar-refractivity contribution in [3.63, 3.8) is 0 Å². The molecule has 0 saturated carbocycles. The van der Waals surface area contributed by atoms with Gasteiger partial charge in [0.2, 0.25) is 5.91 Å². The first-order valence-corrected chi connectivity index (χ1v) is 6.83. The van der Waals surface area contributed by atoms with Crippen LogP contribution in [-0.2, 0) is 4.79 Å². The smallest absolute Gasteiger partial charge is 0.219 e. The molecule has 2 aliphatic rings. The van der Waals surface area contributed by atoms with Crippen LogP contribution in [0.2, 0.25) is 0 Å². The number of amides is 1. The lowest BCUT2D eigenvalue weighted by molar-refractivity contribution is -0.130. The van der Waals surface area contributed by atoms with Crippen LogP contribution in [0.4, 0.5) is 0 Å². The lowest BCUT2D eigenvalue weighted by Crippen LogP contribution is -2.54. The lowest BCUT2D eigenvalue weighted by Gasteiger charge is -2.43. The molecule has 0 aromatic carbocycles. The molecule has 0 aromatic heterocycles. The molecule has 17 heavy (non-hydrogen) atoms. The Balaban J connectivity index is 1.83. The summed E-state index contributed by atoms with van der Waals surface area (Å²) in [6.07, 6.45) is 3.44. The van der Waals surface area contributed by atoms with Crippen LogP contribution < -0.4 is 5.73 Å². The Morgan fingerprint density at radius 3 is 2.35 bits per heavy atom. The SMILES string of the molecule is CC(=O)N1CCC(N2CCC(C)C(N)C2)CC1. The van der Waals surface area contributed by atoms with Gasteiger partial charge >= 0.3 is 0 Å². The van der Waals surface area contributed by atoms with E-state index in [9.17, 15) is 4.79 Å². The Morgan fingerprint density at radius 1 is 1.18 bits per heavy atom. The van der Waals surface area contributed by atoms with Crippen molar-refractivity contribution in [3.05, 3.63) is 0 Å². The molecule has 4 heteroatoms. The molecular formula is C13H25N3O. The summed E-state index contributed by atoms with van der Waals surface area (Å²) in [4.78, 5) is 15.8. The number of hydrogen-bond donors (Lipinski definition) is 1. The van der Waals surface area contributed by atoms with Gasteiger partial charge in [0, 0.05) is 38.6 Å². The minimum atomic E-state index is 0.215. The second-order valence-corrected chi connectivity index (χ2v) is 5.66. The molecule has 2 saturated heterocycles. The van der Waals surface area contributed by atoms with E-state index < -0.39 is 0 Å². The third-order valence-corrected chi connectivity index (χ3v) is 4.47. The van der Waals surface area contributed by atoms with Gasteiger partial charge in [-0.2, -0.15) is 0 Å². The first kappa shape index (κ1) is 12.8. The number of hydrogen-bond acceptors (Lipinski definition) is 3. The maximum absolute atomic E-state index is 11.3. The number of piperidine rings is 2. The predicted molar refractivity (Wildman–Crippen MR) is 68.6 cm³/mol. The predicted octanol–water partition coefficient (Wildman–Crippen LogP) is 0.666. The number of nitrogens with two attached hydrogens (primary N) is 1. The first-order chi connectivity index (χ1) is 8.08. The van der Waals surface area contributed by atoms with Gasteiger partial charge in [0.1, 0.15) is 0 Å². The zero-order valence-corrected chi connectivity index (χ0v) is 11.1. The van der Waals surface area contributed by atoms with Gasteiger partial charge in [-0.15, -0.1) is 0 Å². The molecule has 2 atom stereocenters. The van der Waals surface area contributed by atoms with Gasteiger partial charge in [0.15, 0.2) is 0 Å². The second-order valence-electron chi connectivity index (χ2n) is 5.66. The highest BCUT2D eigenvalue weighted by Crippen LogP contribution is 2.23. The van der Waals surface area contributed by atoms with Gasteiger partial charge in [-0.05, 0) is 31.7 Å². The highest BCUT2D eigenvalue weighted by molar-refractivity contribution is 5.73. The fraction of sp³-hybridized carbons (Fsp3) is 0.923. The zero-order valence-electron chi connectivity index (χ0n) is 11.1. The molecule has 2 rings (SSSR count). The highest BCUT2D eigenvalue weighted by Gasteiger charge is 2.30. The molecule has 4 nitrogen and oxygen atoms in total. The summed E-state index contributed by atoms with van der Waals surface area (Å²) in [5, 5.41) is 0. The van der Waals surface area contributed by atoms with Crippen molar-refractivity contribution in [2.75, 3.05) is 26.2 Å². The normalized spacial score (nSPS) is 32.8. The molecule has 2 fully saturated rings. The molecule has 0 radical (unpaired) electrons. The van der Waals surface area contributed by atoms with Gasteiger partial charge in [-0.3, -0.25) is 9.69 Å². The largest absolute Gasteiger partial charge is 0.343 e. The number of nitrogens with zero attached hydrogens (tertiary/aromatic N) is 2. The number of likely N-dealkylation sites (tertiary alicyclic amines) is 2. The van der Waals surface area contributed by atoms with Gasteiger partial charge in [-0.1, -0.05) is 6.92 Å². The molecule has 2 heterocycles. The quantitative estimate of drug-likeness (QED) is 0.731. The maximum atomic E-state index is 11.3. The van der Waals surface area contributed by atoms with Crippen LogP contribution in [-0.4, -0.2) is 54.0 Å². The molecule has 1 amide bonds. The lowest BCUT2D eigenvalue weighted by atomic mass is 9.91. The maximum Gasteiger partial charge on any atom is 0.219 e. The minimum absolute atomic E-state index is 0.215. The van der Waals surface area contributed by atoms with Crippen molar-refractivity contribution >= 4 is 5.91 Å². The number of carbonyl (C=O) groups excluding carboxylic acids is 1. The van der Waals surface area contributed by atoms with E-state index in [-0.39, 0.29) is 5.91 Å².